The molecule has 1 aromatic heterocycles. The van der Waals surface area contributed by atoms with Crippen LogP contribution in [0, 0.1) is 0 Å². The molecule has 3 rings (SSSR count). The minimum Gasteiger partial charge on any atom is -0.324 e. The molecule has 2 aromatic carbocycles. The molecule has 0 aliphatic heterocycles. The van der Waals surface area contributed by atoms with E-state index in [1.165, 1.54) is 0 Å². The maximum Gasteiger partial charge on any atom is 0.347 e. The van der Waals surface area contributed by atoms with Gasteiger partial charge in [0.2, 0.25) is 0 Å². The highest BCUT2D eigenvalue weighted by molar-refractivity contribution is 5.32. The Balaban J connectivity index is 1.93. The molecule has 5 heteroatoms. The van der Waals surface area contributed by atoms with E-state index in [9.17, 15) is 4.79 Å². The van der Waals surface area contributed by atoms with Gasteiger partial charge in [-0.15, -0.1) is 0 Å². The summed E-state index contributed by atoms with van der Waals surface area (Å²) in [7, 11) is 0. The standard InChI is InChI=1S/C16H16N4O/c17-14(12-7-3-1-4-8-12)11-15-18-19-16(21)20(15)13-9-5-2-6-10-13/h1-10,14H,11,17H2,(H,19,21). The van der Waals surface area contributed by atoms with E-state index in [0.717, 1.165) is 11.3 Å². The third kappa shape index (κ3) is 2.78. The number of aromatic amines is 1. The number of H-pyrrole nitrogens is 1. The Kier molecular flexibility index (Phi) is 3.66. The summed E-state index contributed by atoms with van der Waals surface area (Å²) in [5, 5.41) is 6.60. The Morgan fingerprint density at radius 3 is 2.33 bits per heavy atom. The molecule has 0 saturated carbocycles. The predicted octanol–water partition coefficient (Wildman–Crippen LogP) is 1.80. The van der Waals surface area contributed by atoms with Crippen molar-refractivity contribution >= 4 is 0 Å². The van der Waals surface area contributed by atoms with Crippen molar-refractivity contribution in [1.29, 1.82) is 0 Å². The molecule has 0 saturated heterocycles. The van der Waals surface area contributed by atoms with Crippen LogP contribution >= 0.6 is 0 Å². The Bertz CT molecular complexity index is 762. The summed E-state index contributed by atoms with van der Waals surface area (Å²) in [6.45, 7) is 0. The number of rotatable bonds is 4. The van der Waals surface area contributed by atoms with Gasteiger partial charge in [0.25, 0.3) is 0 Å². The molecule has 5 nitrogen and oxygen atoms in total. The molecule has 0 fully saturated rings. The number of benzene rings is 2. The molecule has 106 valence electrons. The second kappa shape index (κ2) is 5.76. The predicted molar refractivity (Wildman–Crippen MR) is 81.3 cm³/mol. The largest absolute Gasteiger partial charge is 0.347 e. The van der Waals surface area contributed by atoms with Gasteiger partial charge in [0.15, 0.2) is 0 Å². The van der Waals surface area contributed by atoms with Crippen molar-refractivity contribution in [2.24, 2.45) is 5.73 Å². The fourth-order valence-electron chi connectivity index (χ4n) is 2.32. The third-order valence-electron chi connectivity index (χ3n) is 3.39. The number of nitrogens with two attached hydrogens (primary N) is 1. The van der Waals surface area contributed by atoms with E-state index >= 15 is 0 Å². The lowest BCUT2D eigenvalue weighted by Gasteiger charge is -2.12. The Morgan fingerprint density at radius 2 is 1.67 bits per heavy atom. The van der Waals surface area contributed by atoms with Gasteiger partial charge in [-0.25, -0.2) is 14.5 Å². The minimum absolute atomic E-state index is 0.205. The first kappa shape index (κ1) is 13.3. The Morgan fingerprint density at radius 1 is 1.05 bits per heavy atom. The number of aromatic nitrogens is 3. The highest BCUT2D eigenvalue weighted by Crippen LogP contribution is 2.15. The highest BCUT2D eigenvalue weighted by atomic mass is 16.1. The van der Waals surface area contributed by atoms with Crippen LogP contribution in [0.2, 0.25) is 0 Å². The van der Waals surface area contributed by atoms with Gasteiger partial charge in [-0.05, 0) is 17.7 Å². The van der Waals surface area contributed by atoms with Gasteiger partial charge < -0.3 is 5.73 Å². The van der Waals surface area contributed by atoms with Gasteiger partial charge in [-0.3, -0.25) is 0 Å². The first-order valence-corrected chi connectivity index (χ1v) is 6.78. The lowest BCUT2D eigenvalue weighted by atomic mass is 10.0. The summed E-state index contributed by atoms with van der Waals surface area (Å²) in [5.74, 6) is 0.627. The molecule has 21 heavy (non-hydrogen) atoms. The van der Waals surface area contributed by atoms with Gasteiger partial charge >= 0.3 is 5.69 Å². The van der Waals surface area contributed by atoms with Gasteiger partial charge in [-0.2, -0.15) is 5.10 Å². The van der Waals surface area contributed by atoms with Gasteiger partial charge in [0, 0.05) is 12.5 Å². The van der Waals surface area contributed by atoms with Crippen molar-refractivity contribution < 1.29 is 0 Å². The van der Waals surface area contributed by atoms with Gasteiger partial charge in [0.1, 0.15) is 5.82 Å². The first-order valence-electron chi connectivity index (χ1n) is 6.78. The van der Waals surface area contributed by atoms with Crippen LogP contribution in [0.25, 0.3) is 5.69 Å². The number of hydrogen-bond acceptors (Lipinski definition) is 3. The van der Waals surface area contributed by atoms with Crippen molar-refractivity contribution in [3.63, 3.8) is 0 Å². The van der Waals surface area contributed by atoms with E-state index in [-0.39, 0.29) is 11.7 Å². The van der Waals surface area contributed by atoms with Crippen LogP contribution in [-0.2, 0) is 6.42 Å². The molecule has 0 amide bonds. The zero-order valence-electron chi connectivity index (χ0n) is 11.4. The van der Waals surface area contributed by atoms with E-state index < -0.39 is 0 Å². The fraction of sp³-hybridized carbons (Fsp3) is 0.125. The molecular weight excluding hydrogens is 264 g/mol. The second-order valence-electron chi connectivity index (χ2n) is 4.84. The monoisotopic (exact) mass is 280 g/mol. The average molecular weight is 280 g/mol. The van der Waals surface area contributed by atoms with Crippen molar-refractivity contribution in [2.75, 3.05) is 0 Å². The van der Waals surface area contributed by atoms with Crippen LogP contribution in [0.1, 0.15) is 17.4 Å². The van der Waals surface area contributed by atoms with E-state index in [4.69, 9.17) is 5.73 Å². The van der Waals surface area contributed by atoms with Crippen LogP contribution in [0.3, 0.4) is 0 Å². The molecule has 3 N–H and O–H groups in total. The molecule has 0 bridgehead atoms. The summed E-state index contributed by atoms with van der Waals surface area (Å²) in [6.07, 6.45) is 0.484. The highest BCUT2D eigenvalue weighted by Gasteiger charge is 2.14. The zero-order valence-corrected chi connectivity index (χ0v) is 11.4. The second-order valence-corrected chi connectivity index (χ2v) is 4.84. The van der Waals surface area contributed by atoms with Gasteiger partial charge in [-0.1, -0.05) is 48.5 Å². The number of hydrogen-bond donors (Lipinski definition) is 2. The van der Waals surface area contributed by atoms with Crippen LogP contribution in [0.5, 0.6) is 0 Å². The molecule has 0 spiro atoms. The Hall–Kier alpha value is -2.66. The van der Waals surface area contributed by atoms with Crippen LogP contribution < -0.4 is 11.4 Å². The quantitative estimate of drug-likeness (QED) is 0.765. The fourth-order valence-corrected chi connectivity index (χ4v) is 2.32. The molecular formula is C16H16N4O. The lowest BCUT2D eigenvalue weighted by molar-refractivity contribution is 0.673. The molecule has 3 aromatic rings. The topological polar surface area (TPSA) is 76.7 Å². The van der Waals surface area contributed by atoms with E-state index in [2.05, 4.69) is 10.2 Å². The summed E-state index contributed by atoms with van der Waals surface area (Å²) in [4.78, 5) is 12.0. The SMILES string of the molecule is NC(Cc1n[nH]c(=O)n1-c1ccccc1)c1ccccc1. The first-order chi connectivity index (χ1) is 10.3. The number of nitrogens with zero attached hydrogens (tertiary/aromatic N) is 2. The van der Waals surface area contributed by atoms with Crippen LogP contribution in [0.4, 0.5) is 0 Å². The zero-order chi connectivity index (χ0) is 14.7. The van der Waals surface area contributed by atoms with Crippen molar-refractivity contribution in [2.45, 2.75) is 12.5 Å². The number of nitrogens with one attached hydrogen (secondary N) is 1. The summed E-state index contributed by atoms with van der Waals surface area (Å²) in [6, 6.07) is 19.0. The summed E-state index contributed by atoms with van der Waals surface area (Å²) in [5.41, 5.74) is 7.77. The molecule has 0 aliphatic rings. The minimum atomic E-state index is -0.253. The van der Waals surface area contributed by atoms with E-state index in [1.54, 1.807) is 4.57 Å². The summed E-state index contributed by atoms with van der Waals surface area (Å²) >= 11 is 0. The number of para-hydroxylation sites is 1. The van der Waals surface area contributed by atoms with Crippen molar-refractivity contribution in [3.05, 3.63) is 82.5 Å². The van der Waals surface area contributed by atoms with Crippen molar-refractivity contribution in [3.8, 4) is 5.69 Å². The normalized spacial score (nSPS) is 12.2. The van der Waals surface area contributed by atoms with E-state index in [1.807, 2.05) is 60.7 Å². The van der Waals surface area contributed by atoms with Crippen LogP contribution in [0.15, 0.2) is 65.5 Å². The maximum atomic E-state index is 12.0. The van der Waals surface area contributed by atoms with E-state index in [0.29, 0.717) is 12.2 Å². The average Bonchev–Trinajstić information content (AvgIpc) is 2.89. The van der Waals surface area contributed by atoms with Crippen LogP contribution in [-0.4, -0.2) is 14.8 Å². The molecule has 1 unspecified atom stereocenters. The Labute approximate surface area is 122 Å². The lowest BCUT2D eigenvalue weighted by Crippen LogP contribution is -2.20. The maximum absolute atomic E-state index is 12.0. The third-order valence-corrected chi connectivity index (χ3v) is 3.39. The van der Waals surface area contributed by atoms with Crippen molar-refractivity contribution in [1.82, 2.24) is 14.8 Å². The summed E-state index contributed by atoms with van der Waals surface area (Å²) < 4.78 is 1.56. The smallest absolute Gasteiger partial charge is 0.324 e. The molecule has 1 heterocycles. The molecule has 0 aliphatic carbocycles. The van der Waals surface area contributed by atoms with Gasteiger partial charge in [0.05, 0.1) is 5.69 Å². The molecule has 1 atom stereocenters. The molecule has 0 radical (unpaired) electrons.